The Morgan fingerprint density at radius 2 is 1.16 bits per heavy atom. The van der Waals surface area contributed by atoms with Crippen molar-refractivity contribution in [1.82, 2.24) is 15.0 Å². The summed E-state index contributed by atoms with van der Waals surface area (Å²) >= 11 is 8.51. The van der Waals surface area contributed by atoms with Gasteiger partial charge in [-0.1, -0.05) is 48.0 Å². The zero-order valence-electron chi connectivity index (χ0n) is 15.8. The van der Waals surface area contributed by atoms with Crippen molar-refractivity contribution in [3.63, 3.8) is 0 Å². The van der Waals surface area contributed by atoms with Crippen LogP contribution >= 0.6 is 35.1 Å². The van der Waals surface area contributed by atoms with Gasteiger partial charge in [0.1, 0.15) is 0 Å². The molecule has 10 heteroatoms. The molecule has 0 bridgehead atoms. The number of benzene rings is 3. The van der Waals surface area contributed by atoms with Crippen LogP contribution in [0, 0.1) is 0 Å². The summed E-state index contributed by atoms with van der Waals surface area (Å²) in [4.78, 5) is 15.0. The van der Waals surface area contributed by atoms with Gasteiger partial charge in [0.2, 0.25) is 5.95 Å². The standard InChI is InChI=1S/C21H15ClN4O2S3/c22-15-11-13-18(14-12-15)31(27,28)26-19-23-20(29-16-7-3-1-4-8-16)25-21(24-19)30-17-9-5-2-6-10-17/h1-14H,(H,23,24,25,26). The number of nitrogens with zero attached hydrogens (tertiary/aromatic N) is 3. The fourth-order valence-electron chi connectivity index (χ4n) is 2.46. The molecule has 3 aromatic carbocycles. The zero-order valence-corrected chi connectivity index (χ0v) is 19.0. The van der Waals surface area contributed by atoms with Crippen LogP contribution in [0.2, 0.25) is 5.02 Å². The SMILES string of the molecule is O=S(=O)(Nc1nc(Sc2ccccc2)nc(Sc2ccccc2)n1)c1ccc(Cl)cc1. The first kappa shape index (κ1) is 21.6. The molecular weight excluding hydrogens is 472 g/mol. The lowest BCUT2D eigenvalue weighted by molar-refractivity contribution is 0.600. The minimum absolute atomic E-state index is 0.0539. The molecule has 31 heavy (non-hydrogen) atoms. The largest absolute Gasteiger partial charge is 0.264 e. The van der Waals surface area contributed by atoms with Crippen LogP contribution in [0.1, 0.15) is 0 Å². The van der Waals surface area contributed by atoms with Gasteiger partial charge in [-0.25, -0.2) is 13.1 Å². The number of hydrogen-bond donors (Lipinski definition) is 1. The summed E-state index contributed by atoms with van der Waals surface area (Å²) in [6.45, 7) is 0. The van der Waals surface area contributed by atoms with Crippen LogP contribution in [0.4, 0.5) is 5.95 Å². The molecule has 0 saturated carbocycles. The van der Waals surface area contributed by atoms with Gasteiger partial charge in [-0.05, 0) is 72.1 Å². The van der Waals surface area contributed by atoms with E-state index in [1.807, 2.05) is 60.7 Å². The molecule has 0 aliphatic carbocycles. The second-order valence-corrected chi connectivity index (χ2v) is 10.3. The molecule has 6 nitrogen and oxygen atoms in total. The topological polar surface area (TPSA) is 84.8 Å². The molecule has 156 valence electrons. The van der Waals surface area contributed by atoms with Gasteiger partial charge in [0.05, 0.1) is 4.90 Å². The zero-order chi connectivity index (χ0) is 21.7. The summed E-state index contributed by atoms with van der Waals surface area (Å²) in [6, 6.07) is 25.0. The van der Waals surface area contributed by atoms with Crippen LogP contribution in [0.25, 0.3) is 0 Å². The monoisotopic (exact) mass is 486 g/mol. The van der Waals surface area contributed by atoms with Gasteiger partial charge in [0.25, 0.3) is 10.0 Å². The minimum Gasteiger partial charge on any atom is -0.247 e. The molecule has 0 fully saturated rings. The van der Waals surface area contributed by atoms with Gasteiger partial charge in [0.15, 0.2) is 10.3 Å². The molecule has 0 spiro atoms. The second-order valence-electron chi connectivity index (χ2n) is 6.11. The molecule has 1 N–H and O–H groups in total. The van der Waals surface area contributed by atoms with Crippen molar-refractivity contribution >= 4 is 51.1 Å². The first-order chi connectivity index (χ1) is 15.0. The first-order valence-electron chi connectivity index (χ1n) is 8.98. The molecule has 0 aliphatic rings. The van der Waals surface area contributed by atoms with Gasteiger partial charge in [-0.15, -0.1) is 0 Å². The van der Waals surface area contributed by atoms with Crippen LogP contribution in [0.15, 0.2) is 110 Å². The van der Waals surface area contributed by atoms with E-state index in [0.717, 1.165) is 9.79 Å². The Labute approximate surface area is 193 Å². The number of anilines is 1. The number of halogens is 1. The summed E-state index contributed by atoms with van der Waals surface area (Å²) < 4.78 is 28.0. The van der Waals surface area contributed by atoms with Gasteiger partial charge in [-0.3, -0.25) is 0 Å². The van der Waals surface area contributed by atoms with Crippen LogP contribution in [-0.4, -0.2) is 23.4 Å². The van der Waals surface area contributed by atoms with Gasteiger partial charge in [-0.2, -0.15) is 15.0 Å². The lowest BCUT2D eigenvalue weighted by Crippen LogP contribution is -2.16. The van der Waals surface area contributed by atoms with Crippen molar-refractivity contribution < 1.29 is 8.42 Å². The maximum Gasteiger partial charge on any atom is 0.264 e. The van der Waals surface area contributed by atoms with Crippen molar-refractivity contribution in [2.24, 2.45) is 0 Å². The van der Waals surface area contributed by atoms with Gasteiger partial charge < -0.3 is 0 Å². The lowest BCUT2D eigenvalue weighted by Gasteiger charge is -2.09. The average molecular weight is 487 g/mol. The van der Waals surface area contributed by atoms with Gasteiger partial charge in [0, 0.05) is 14.8 Å². The van der Waals surface area contributed by atoms with E-state index in [1.165, 1.54) is 47.8 Å². The van der Waals surface area contributed by atoms with E-state index < -0.39 is 10.0 Å². The molecular formula is C21H15ClN4O2S3. The Morgan fingerprint density at radius 3 is 1.65 bits per heavy atom. The highest BCUT2D eigenvalue weighted by atomic mass is 35.5. The Morgan fingerprint density at radius 1 is 0.677 bits per heavy atom. The molecule has 0 amide bonds. The quantitative estimate of drug-likeness (QED) is 0.362. The Hall–Kier alpha value is -2.59. The summed E-state index contributed by atoms with van der Waals surface area (Å²) in [7, 11) is -3.89. The van der Waals surface area contributed by atoms with Crippen LogP contribution in [0.3, 0.4) is 0 Å². The van der Waals surface area contributed by atoms with E-state index in [2.05, 4.69) is 19.7 Å². The fraction of sp³-hybridized carbons (Fsp3) is 0. The molecule has 1 aromatic heterocycles. The summed E-state index contributed by atoms with van der Waals surface area (Å²) in [5, 5.41) is 1.21. The molecule has 0 saturated heterocycles. The normalized spacial score (nSPS) is 11.3. The summed E-state index contributed by atoms with van der Waals surface area (Å²) in [5.74, 6) is -0.0539. The highest BCUT2D eigenvalue weighted by molar-refractivity contribution is 7.99. The minimum atomic E-state index is -3.89. The van der Waals surface area contributed by atoms with E-state index >= 15 is 0 Å². The van der Waals surface area contributed by atoms with Crippen LogP contribution in [-0.2, 0) is 10.0 Å². The number of sulfonamides is 1. The third-order valence-electron chi connectivity index (χ3n) is 3.85. The molecule has 0 radical (unpaired) electrons. The smallest absolute Gasteiger partial charge is 0.247 e. The van der Waals surface area contributed by atoms with E-state index in [9.17, 15) is 8.42 Å². The lowest BCUT2D eigenvalue weighted by atomic mass is 10.4. The van der Waals surface area contributed by atoms with Crippen molar-refractivity contribution in [3.05, 3.63) is 90.0 Å². The fourth-order valence-corrected chi connectivity index (χ4v) is 5.12. The summed E-state index contributed by atoms with van der Waals surface area (Å²) in [6.07, 6.45) is 0. The second kappa shape index (κ2) is 9.69. The van der Waals surface area contributed by atoms with E-state index in [1.54, 1.807) is 0 Å². The summed E-state index contributed by atoms with van der Waals surface area (Å²) in [5.41, 5.74) is 0. The number of rotatable bonds is 7. The Balaban J connectivity index is 1.67. The molecule has 0 aliphatic heterocycles. The molecule has 0 atom stereocenters. The van der Waals surface area contributed by atoms with Crippen molar-refractivity contribution in [1.29, 1.82) is 0 Å². The maximum absolute atomic E-state index is 12.8. The predicted molar refractivity (Wildman–Crippen MR) is 123 cm³/mol. The third-order valence-corrected chi connectivity index (χ3v) is 7.19. The van der Waals surface area contributed by atoms with Crippen molar-refractivity contribution in [2.75, 3.05) is 4.72 Å². The predicted octanol–water partition coefficient (Wildman–Crippen LogP) is 5.63. The Kier molecular flexibility index (Phi) is 6.77. The first-order valence-corrected chi connectivity index (χ1v) is 12.5. The van der Waals surface area contributed by atoms with Crippen molar-refractivity contribution in [3.8, 4) is 0 Å². The molecule has 4 aromatic rings. The number of aromatic nitrogens is 3. The van der Waals surface area contributed by atoms with Crippen LogP contribution < -0.4 is 4.72 Å². The highest BCUT2D eigenvalue weighted by Crippen LogP contribution is 2.30. The number of nitrogens with one attached hydrogen (secondary N) is 1. The number of hydrogen-bond acceptors (Lipinski definition) is 7. The average Bonchev–Trinajstić information content (AvgIpc) is 2.75. The maximum atomic E-state index is 12.8. The molecule has 1 heterocycles. The van der Waals surface area contributed by atoms with E-state index in [-0.39, 0.29) is 10.8 Å². The van der Waals surface area contributed by atoms with Crippen LogP contribution in [0.5, 0.6) is 0 Å². The van der Waals surface area contributed by atoms with Gasteiger partial charge >= 0.3 is 0 Å². The molecule has 4 rings (SSSR count). The van der Waals surface area contributed by atoms with E-state index in [0.29, 0.717) is 15.3 Å². The third kappa shape index (κ3) is 5.98. The highest BCUT2D eigenvalue weighted by Gasteiger charge is 2.18. The Bertz CT molecular complexity index is 1210. The van der Waals surface area contributed by atoms with E-state index in [4.69, 9.17) is 11.6 Å². The van der Waals surface area contributed by atoms with Crippen molar-refractivity contribution in [2.45, 2.75) is 25.0 Å². The molecule has 0 unspecified atom stereocenters.